The average Bonchev–Trinajstić information content (AvgIpc) is 2.44. The van der Waals surface area contributed by atoms with E-state index in [-0.39, 0.29) is 0 Å². The molecule has 0 bridgehead atoms. The Labute approximate surface area is 125 Å². The Morgan fingerprint density at radius 1 is 1.37 bits per heavy atom. The molecule has 1 aliphatic heterocycles. The molecule has 0 aromatic heterocycles. The molecule has 0 radical (unpaired) electrons. The molecule has 0 aliphatic carbocycles. The Morgan fingerprint density at radius 3 is 3.05 bits per heavy atom. The van der Waals surface area contributed by atoms with E-state index < -0.39 is 0 Å². The fraction of sp³-hybridized carbons (Fsp3) is 0.625. The van der Waals surface area contributed by atoms with Gasteiger partial charge in [-0.3, -0.25) is 0 Å². The summed E-state index contributed by atoms with van der Waals surface area (Å²) in [6.07, 6.45) is 6.52. The van der Waals surface area contributed by atoms with Crippen molar-refractivity contribution in [2.24, 2.45) is 5.92 Å². The van der Waals surface area contributed by atoms with Crippen LogP contribution in [-0.4, -0.2) is 19.7 Å². The van der Waals surface area contributed by atoms with Gasteiger partial charge in [0.2, 0.25) is 0 Å². The van der Waals surface area contributed by atoms with E-state index in [1.54, 1.807) is 0 Å². The van der Waals surface area contributed by atoms with Crippen molar-refractivity contribution in [1.29, 1.82) is 0 Å². The van der Waals surface area contributed by atoms with Crippen molar-refractivity contribution in [3.63, 3.8) is 0 Å². The summed E-state index contributed by atoms with van der Waals surface area (Å²) in [5, 5.41) is 3.48. The molecule has 3 heteroatoms. The van der Waals surface area contributed by atoms with E-state index in [1.165, 1.54) is 44.3 Å². The summed E-state index contributed by atoms with van der Waals surface area (Å²) in [5.41, 5.74) is 1.19. The third-order valence-corrected chi connectivity index (χ3v) is 4.74. The lowest BCUT2D eigenvalue weighted by molar-refractivity contribution is 0.287. The van der Waals surface area contributed by atoms with E-state index in [4.69, 9.17) is 4.74 Å². The van der Waals surface area contributed by atoms with E-state index in [1.807, 2.05) is 12.1 Å². The van der Waals surface area contributed by atoms with E-state index in [9.17, 15) is 0 Å². The molecule has 1 saturated heterocycles. The molecular weight excluding hydrogens is 302 g/mol. The van der Waals surface area contributed by atoms with Crippen LogP contribution in [0.2, 0.25) is 0 Å². The van der Waals surface area contributed by atoms with Gasteiger partial charge in [-0.1, -0.05) is 22.0 Å². The zero-order chi connectivity index (χ0) is 13.5. The highest BCUT2D eigenvalue weighted by Gasteiger charge is 2.12. The molecule has 0 unspecified atom stereocenters. The number of nitrogens with one attached hydrogen (secondary N) is 1. The van der Waals surface area contributed by atoms with Crippen LogP contribution in [0.15, 0.2) is 22.7 Å². The first-order valence-corrected chi connectivity index (χ1v) is 8.15. The monoisotopic (exact) mass is 325 g/mol. The molecule has 1 aromatic rings. The van der Waals surface area contributed by atoms with Gasteiger partial charge >= 0.3 is 0 Å². The van der Waals surface area contributed by atoms with Crippen LogP contribution in [0.1, 0.15) is 37.7 Å². The molecule has 2 rings (SSSR count). The van der Waals surface area contributed by atoms with Crippen molar-refractivity contribution in [2.75, 3.05) is 19.7 Å². The zero-order valence-corrected chi connectivity index (χ0v) is 13.3. The molecular formula is C16H24BrNO. The van der Waals surface area contributed by atoms with Crippen LogP contribution in [0.4, 0.5) is 0 Å². The van der Waals surface area contributed by atoms with Gasteiger partial charge in [0.1, 0.15) is 5.75 Å². The summed E-state index contributed by atoms with van der Waals surface area (Å²) >= 11 is 3.53. The van der Waals surface area contributed by atoms with Crippen LogP contribution in [-0.2, 0) is 0 Å². The smallest absolute Gasteiger partial charge is 0.123 e. The molecule has 1 aliphatic rings. The lowest BCUT2D eigenvalue weighted by Crippen LogP contribution is -2.29. The van der Waals surface area contributed by atoms with Gasteiger partial charge < -0.3 is 10.1 Å². The number of ether oxygens (including phenoxy) is 1. The SMILES string of the molecule is Cc1c(Br)cccc1OCCCC[C@@H]1CCCNC1. The van der Waals surface area contributed by atoms with Crippen LogP contribution in [0, 0.1) is 12.8 Å². The lowest BCUT2D eigenvalue weighted by Gasteiger charge is -2.22. The first-order chi connectivity index (χ1) is 9.27. The minimum atomic E-state index is 0.831. The number of unbranched alkanes of at least 4 members (excludes halogenated alkanes) is 1. The van der Waals surface area contributed by atoms with Crippen molar-refractivity contribution in [3.8, 4) is 5.75 Å². The fourth-order valence-electron chi connectivity index (χ4n) is 2.63. The number of rotatable bonds is 6. The second-order valence-electron chi connectivity index (χ2n) is 5.42. The van der Waals surface area contributed by atoms with Gasteiger partial charge in [0.05, 0.1) is 6.61 Å². The maximum absolute atomic E-state index is 5.86. The maximum atomic E-state index is 5.86. The molecule has 1 heterocycles. The zero-order valence-electron chi connectivity index (χ0n) is 11.8. The molecule has 1 atom stereocenters. The number of benzene rings is 1. The van der Waals surface area contributed by atoms with Crippen molar-refractivity contribution >= 4 is 15.9 Å². The molecule has 0 spiro atoms. The van der Waals surface area contributed by atoms with Crippen molar-refractivity contribution in [3.05, 3.63) is 28.2 Å². The van der Waals surface area contributed by atoms with Gasteiger partial charge in [-0.25, -0.2) is 0 Å². The molecule has 1 aromatic carbocycles. The van der Waals surface area contributed by atoms with Gasteiger partial charge in [-0.2, -0.15) is 0 Å². The van der Waals surface area contributed by atoms with E-state index in [0.29, 0.717) is 0 Å². The average molecular weight is 326 g/mol. The Kier molecular flexibility index (Phi) is 6.18. The lowest BCUT2D eigenvalue weighted by atomic mass is 9.94. The van der Waals surface area contributed by atoms with Crippen molar-refractivity contribution in [1.82, 2.24) is 5.32 Å². The van der Waals surface area contributed by atoms with Crippen molar-refractivity contribution < 1.29 is 4.74 Å². The largest absolute Gasteiger partial charge is 0.493 e. The molecule has 19 heavy (non-hydrogen) atoms. The molecule has 2 nitrogen and oxygen atoms in total. The van der Waals surface area contributed by atoms with E-state index in [2.05, 4.69) is 34.2 Å². The highest BCUT2D eigenvalue weighted by molar-refractivity contribution is 9.10. The third-order valence-electron chi connectivity index (χ3n) is 3.88. The summed E-state index contributed by atoms with van der Waals surface area (Å²) in [6.45, 7) is 5.35. The Balaban J connectivity index is 1.62. The quantitative estimate of drug-likeness (QED) is 0.787. The van der Waals surface area contributed by atoms with Crippen molar-refractivity contribution in [2.45, 2.75) is 39.0 Å². The van der Waals surface area contributed by atoms with Gasteiger partial charge in [-0.15, -0.1) is 0 Å². The summed E-state index contributed by atoms with van der Waals surface area (Å²) in [4.78, 5) is 0. The van der Waals surface area contributed by atoms with Crippen LogP contribution in [0.5, 0.6) is 5.75 Å². The Bertz CT molecular complexity index is 388. The Hall–Kier alpha value is -0.540. The maximum Gasteiger partial charge on any atom is 0.123 e. The van der Waals surface area contributed by atoms with E-state index >= 15 is 0 Å². The van der Waals surface area contributed by atoms with Gasteiger partial charge in [0.15, 0.2) is 0 Å². The first kappa shape index (κ1) is 14.9. The number of hydrogen-bond acceptors (Lipinski definition) is 2. The highest BCUT2D eigenvalue weighted by atomic mass is 79.9. The topological polar surface area (TPSA) is 21.3 Å². The summed E-state index contributed by atoms with van der Waals surface area (Å²) in [6, 6.07) is 6.13. The fourth-order valence-corrected chi connectivity index (χ4v) is 2.98. The molecule has 0 amide bonds. The van der Waals surface area contributed by atoms with Crippen LogP contribution < -0.4 is 10.1 Å². The van der Waals surface area contributed by atoms with Gasteiger partial charge in [0, 0.05) is 10.0 Å². The molecule has 1 fully saturated rings. The molecule has 106 valence electrons. The molecule has 0 saturated carbocycles. The van der Waals surface area contributed by atoms with Gasteiger partial charge in [0.25, 0.3) is 0 Å². The third kappa shape index (κ3) is 4.81. The Morgan fingerprint density at radius 2 is 2.26 bits per heavy atom. The minimum Gasteiger partial charge on any atom is -0.493 e. The second kappa shape index (κ2) is 7.91. The molecule has 1 N–H and O–H groups in total. The van der Waals surface area contributed by atoms with Crippen LogP contribution >= 0.6 is 15.9 Å². The number of piperidine rings is 1. The highest BCUT2D eigenvalue weighted by Crippen LogP contribution is 2.25. The number of hydrogen-bond donors (Lipinski definition) is 1. The van der Waals surface area contributed by atoms with Gasteiger partial charge in [-0.05, 0) is 70.2 Å². The normalized spacial score (nSPS) is 19.4. The predicted octanol–water partition coefficient (Wildman–Crippen LogP) is 4.31. The minimum absolute atomic E-state index is 0.831. The summed E-state index contributed by atoms with van der Waals surface area (Å²) < 4.78 is 6.98. The van der Waals surface area contributed by atoms with E-state index in [0.717, 1.165) is 29.2 Å². The number of halogens is 1. The van der Waals surface area contributed by atoms with Crippen LogP contribution in [0.3, 0.4) is 0 Å². The standard InChI is InChI=1S/C16H24BrNO/c1-13-15(17)8-4-9-16(13)19-11-3-2-6-14-7-5-10-18-12-14/h4,8-9,14,18H,2-3,5-7,10-12H2,1H3/t14-/m1/s1. The first-order valence-electron chi connectivity index (χ1n) is 7.36. The summed E-state index contributed by atoms with van der Waals surface area (Å²) in [5.74, 6) is 1.90. The second-order valence-corrected chi connectivity index (χ2v) is 6.27. The van der Waals surface area contributed by atoms with Crippen LogP contribution in [0.25, 0.3) is 0 Å². The summed E-state index contributed by atoms with van der Waals surface area (Å²) in [7, 11) is 0. The predicted molar refractivity (Wildman–Crippen MR) is 83.8 cm³/mol.